The molecule has 59 heavy (non-hydrogen) atoms. The SMILES string of the molecule is CC/C=C\C/C=C\CC(O)/C=C/C=C\C/C=C\C/C=C\CCC(=O)O[C@H](COC(=O)CCCCCCC/C=C\C/C=C\CCCCC)COP(=O)(O)OCC[N+](C)(C)C. The number of carbonyl (C=O) groups is 2. The number of aliphatic hydroxyl groups is 1. The summed E-state index contributed by atoms with van der Waals surface area (Å²) in [7, 11) is 1.37. The molecular weight excluding hydrogens is 766 g/mol. The lowest BCUT2D eigenvalue weighted by atomic mass is 10.1. The van der Waals surface area contributed by atoms with Gasteiger partial charge in [0.05, 0.1) is 33.9 Å². The standard InChI is InChI=1S/C48H80NO9P/c1-6-8-10-12-14-15-16-17-18-19-20-24-27-31-35-39-47(51)55-43-46(44-57-59(53,54)56-42-41-49(3,4)5)58-48(52)40-36-32-28-25-22-21-23-26-30-34-38-45(50)37-33-29-13-11-9-7-2/h9,11,14-15,17-18,21-22,26,28-30,32-34,38,45-46,50H,6-8,10,12-13,16,19-20,23-25,27,31,35-37,39-44H2,1-5H3/p+1/b11-9-,15-14-,18-17-,22-21-,30-26-,32-28-,33-29-,38-34+/t45?,46-/m1/s1. The number of rotatable bonds is 38. The minimum Gasteiger partial charge on any atom is -0.462 e. The molecule has 0 radical (unpaired) electrons. The maximum Gasteiger partial charge on any atom is 0.472 e. The van der Waals surface area contributed by atoms with Crippen LogP contribution in [0.4, 0.5) is 0 Å². The van der Waals surface area contributed by atoms with Crippen molar-refractivity contribution < 1.29 is 47.2 Å². The number of carbonyl (C=O) groups excluding carboxylic acids is 2. The summed E-state index contributed by atoms with van der Waals surface area (Å²) in [5.74, 6) is -0.953. The Hall–Kier alpha value is -3.11. The number of esters is 2. The Morgan fingerprint density at radius 3 is 1.86 bits per heavy atom. The lowest BCUT2D eigenvalue weighted by Gasteiger charge is -2.24. The molecule has 0 bridgehead atoms. The van der Waals surface area contributed by atoms with Gasteiger partial charge in [-0.3, -0.25) is 18.6 Å². The number of aliphatic hydroxyl groups excluding tert-OH is 1. The molecule has 0 aromatic carbocycles. The summed E-state index contributed by atoms with van der Waals surface area (Å²) < 4.78 is 34.1. The van der Waals surface area contributed by atoms with Crippen molar-refractivity contribution in [2.45, 2.75) is 148 Å². The molecule has 0 fully saturated rings. The Balaban J connectivity index is 4.60. The molecule has 0 aromatic heterocycles. The Bertz CT molecular complexity index is 1340. The molecule has 0 aliphatic carbocycles. The molecule has 0 rings (SSSR count). The normalized spacial score (nSPS) is 15.0. The number of phosphoric acid groups is 1. The van der Waals surface area contributed by atoms with Crippen molar-refractivity contribution in [2.75, 3.05) is 47.5 Å². The third-order valence-corrected chi connectivity index (χ3v) is 9.68. The van der Waals surface area contributed by atoms with Crippen LogP contribution >= 0.6 is 7.82 Å². The zero-order chi connectivity index (χ0) is 43.7. The zero-order valence-corrected chi connectivity index (χ0v) is 38.2. The third-order valence-electron chi connectivity index (χ3n) is 8.69. The molecule has 0 saturated carbocycles. The highest BCUT2D eigenvalue weighted by atomic mass is 31.2. The van der Waals surface area contributed by atoms with Crippen LogP contribution in [-0.4, -0.2) is 86.1 Å². The van der Waals surface area contributed by atoms with Gasteiger partial charge in [0.25, 0.3) is 0 Å². The van der Waals surface area contributed by atoms with Crippen LogP contribution in [0.5, 0.6) is 0 Å². The van der Waals surface area contributed by atoms with Crippen molar-refractivity contribution in [3.8, 4) is 0 Å². The van der Waals surface area contributed by atoms with Crippen LogP contribution < -0.4 is 0 Å². The Labute approximate surface area is 358 Å². The largest absolute Gasteiger partial charge is 0.472 e. The van der Waals surface area contributed by atoms with Crippen LogP contribution in [0.3, 0.4) is 0 Å². The molecule has 2 unspecified atom stereocenters. The first-order valence-corrected chi connectivity index (χ1v) is 23.6. The third kappa shape index (κ3) is 42.8. The number of unbranched alkanes of at least 4 members (excludes halogenated alkanes) is 8. The fraction of sp³-hybridized carbons (Fsp3) is 0.625. The fourth-order valence-electron chi connectivity index (χ4n) is 5.21. The zero-order valence-electron chi connectivity index (χ0n) is 37.3. The van der Waals surface area contributed by atoms with Crippen LogP contribution in [0, 0.1) is 0 Å². The number of ether oxygens (including phenoxy) is 2. The van der Waals surface area contributed by atoms with Gasteiger partial charge in [-0.1, -0.05) is 143 Å². The number of likely N-dealkylation sites (N-methyl/N-ethyl adjacent to an activating group) is 1. The summed E-state index contributed by atoms with van der Waals surface area (Å²) in [6, 6.07) is 0. The second-order valence-corrected chi connectivity index (χ2v) is 17.0. The maximum atomic E-state index is 12.7. The van der Waals surface area contributed by atoms with Gasteiger partial charge in [0, 0.05) is 12.8 Å². The van der Waals surface area contributed by atoms with E-state index in [0.717, 1.165) is 57.8 Å². The highest BCUT2D eigenvalue weighted by Gasteiger charge is 2.27. The molecule has 0 aromatic rings. The van der Waals surface area contributed by atoms with E-state index < -0.39 is 38.6 Å². The number of quaternary nitrogens is 1. The summed E-state index contributed by atoms with van der Waals surface area (Å²) >= 11 is 0. The summed E-state index contributed by atoms with van der Waals surface area (Å²) in [6.45, 7) is 4.06. The Morgan fingerprint density at radius 1 is 0.627 bits per heavy atom. The second kappa shape index (κ2) is 39.1. The number of phosphoric ester groups is 1. The number of nitrogens with zero attached hydrogens (tertiary/aromatic N) is 1. The van der Waals surface area contributed by atoms with E-state index >= 15 is 0 Å². The molecule has 0 aliphatic rings. The molecule has 0 amide bonds. The van der Waals surface area contributed by atoms with Gasteiger partial charge < -0.3 is 24.0 Å². The molecule has 0 spiro atoms. The van der Waals surface area contributed by atoms with E-state index in [-0.39, 0.29) is 26.1 Å². The van der Waals surface area contributed by atoms with Crippen molar-refractivity contribution in [1.29, 1.82) is 0 Å². The van der Waals surface area contributed by atoms with Crippen molar-refractivity contribution in [1.82, 2.24) is 0 Å². The quantitative estimate of drug-likeness (QED) is 0.0156. The van der Waals surface area contributed by atoms with E-state index in [1.807, 2.05) is 69.8 Å². The Kier molecular flexibility index (Phi) is 37.0. The van der Waals surface area contributed by atoms with Crippen molar-refractivity contribution in [3.05, 3.63) is 97.2 Å². The molecule has 0 saturated heterocycles. The molecule has 2 N–H and O–H groups in total. The van der Waals surface area contributed by atoms with Gasteiger partial charge in [-0.15, -0.1) is 0 Å². The van der Waals surface area contributed by atoms with Crippen molar-refractivity contribution >= 4 is 19.8 Å². The molecular formula is C48H81NO9P+. The second-order valence-electron chi connectivity index (χ2n) is 15.5. The van der Waals surface area contributed by atoms with Gasteiger partial charge in [-0.05, 0) is 77.0 Å². The smallest absolute Gasteiger partial charge is 0.462 e. The molecule has 0 heterocycles. The summed E-state index contributed by atoms with van der Waals surface area (Å²) in [5, 5.41) is 10.0. The molecule has 336 valence electrons. The van der Waals surface area contributed by atoms with Crippen molar-refractivity contribution in [2.24, 2.45) is 0 Å². The van der Waals surface area contributed by atoms with Gasteiger partial charge in [0.2, 0.25) is 0 Å². The summed E-state index contributed by atoms with van der Waals surface area (Å²) in [5.41, 5.74) is 0. The summed E-state index contributed by atoms with van der Waals surface area (Å²) in [4.78, 5) is 35.3. The van der Waals surface area contributed by atoms with Gasteiger partial charge in [0.15, 0.2) is 6.10 Å². The number of hydrogen-bond donors (Lipinski definition) is 2. The summed E-state index contributed by atoms with van der Waals surface area (Å²) in [6.07, 6.45) is 47.8. The van der Waals surface area contributed by atoms with Gasteiger partial charge >= 0.3 is 19.8 Å². The lowest BCUT2D eigenvalue weighted by Crippen LogP contribution is -2.37. The van der Waals surface area contributed by atoms with Gasteiger partial charge in [0.1, 0.15) is 19.8 Å². The van der Waals surface area contributed by atoms with E-state index in [0.29, 0.717) is 36.7 Å². The average Bonchev–Trinajstić information content (AvgIpc) is 3.18. The highest BCUT2D eigenvalue weighted by molar-refractivity contribution is 7.47. The van der Waals surface area contributed by atoms with E-state index in [4.69, 9.17) is 18.5 Å². The van der Waals surface area contributed by atoms with Crippen LogP contribution in [-0.2, 0) is 32.7 Å². The first kappa shape index (κ1) is 55.9. The van der Waals surface area contributed by atoms with Gasteiger partial charge in [-0.25, -0.2) is 4.57 Å². The minimum absolute atomic E-state index is 0.000975. The first-order chi connectivity index (χ1) is 28.4. The van der Waals surface area contributed by atoms with Crippen LogP contribution in [0.1, 0.15) is 136 Å². The van der Waals surface area contributed by atoms with Crippen LogP contribution in [0.15, 0.2) is 97.2 Å². The van der Waals surface area contributed by atoms with Crippen molar-refractivity contribution in [3.63, 3.8) is 0 Å². The van der Waals surface area contributed by atoms with Gasteiger partial charge in [-0.2, -0.15) is 0 Å². The van der Waals surface area contributed by atoms with E-state index in [1.165, 1.54) is 25.7 Å². The maximum absolute atomic E-state index is 12.7. The minimum atomic E-state index is -4.42. The Morgan fingerprint density at radius 2 is 1.20 bits per heavy atom. The molecule has 10 nitrogen and oxygen atoms in total. The molecule has 0 aliphatic heterocycles. The monoisotopic (exact) mass is 847 g/mol. The molecule has 11 heteroatoms. The number of hydrogen-bond acceptors (Lipinski definition) is 8. The number of allylic oxidation sites excluding steroid dienone is 14. The first-order valence-electron chi connectivity index (χ1n) is 22.1. The van der Waals surface area contributed by atoms with E-state index in [2.05, 4.69) is 56.4 Å². The predicted octanol–water partition coefficient (Wildman–Crippen LogP) is 11.5. The van der Waals surface area contributed by atoms with Crippen LogP contribution in [0.25, 0.3) is 0 Å². The topological polar surface area (TPSA) is 129 Å². The highest BCUT2D eigenvalue weighted by Crippen LogP contribution is 2.43. The average molecular weight is 847 g/mol. The predicted molar refractivity (Wildman–Crippen MR) is 244 cm³/mol. The molecule has 3 atom stereocenters. The fourth-order valence-corrected chi connectivity index (χ4v) is 5.95. The van der Waals surface area contributed by atoms with E-state index in [1.54, 1.807) is 6.08 Å². The van der Waals surface area contributed by atoms with Crippen LogP contribution in [0.2, 0.25) is 0 Å². The lowest BCUT2D eigenvalue weighted by molar-refractivity contribution is -0.870. The van der Waals surface area contributed by atoms with E-state index in [9.17, 15) is 24.2 Å².